The van der Waals surface area contributed by atoms with Crippen LogP contribution in [0.3, 0.4) is 0 Å². The summed E-state index contributed by atoms with van der Waals surface area (Å²) in [5.41, 5.74) is 1.15. The largest absolute Gasteiger partial charge is 0.371 e. The first-order valence-corrected chi connectivity index (χ1v) is 5.25. The van der Waals surface area contributed by atoms with Gasteiger partial charge in [-0.2, -0.15) is 0 Å². The average molecular weight is 212 g/mol. The number of benzene rings is 1. The first kappa shape index (κ1) is 9.97. The lowest BCUT2D eigenvalue weighted by atomic mass is 10.0. The SMILES string of the molecule is CC1NCCOC1c1cccc(Cl)c1. The number of nitrogens with one attached hydrogen (secondary N) is 1. The van der Waals surface area contributed by atoms with E-state index in [2.05, 4.69) is 18.3 Å². The Hall–Kier alpha value is -0.570. The molecule has 3 heteroatoms. The summed E-state index contributed by atoms with van der Waals surface area (Å²) in [5.74, 6) is 0. The highest BCUT2D eigenvalue weighted by Crippen LogP contribution is 2.25. The zero-order valence-electron chi connectivity index (χ0n) is 8.16. The molecule has 0 aliphatic carbocycles. The van der Waals surface area contributed by atoms with Crippen molar-refractivity contribution in [1.29, 1.82) is 0 Å². The van der Waals surface area contributed by atoms with E-state index in [4.69, 9.17) is 16.3 Å². The molecule has 1 aliphatic rings. The van der Waals surface area contributed by atoms with Gasteiger partial charge in [0.15, 0.2) is 0 Å². The fourth-order valence-electron chi connectivity index (χ4n) is 1.79. The molecule has 2 unspecified atom stereocenters. The van der Waals surface area contributed by atoms with Crippen LogP contribution in [0.25, 0.3) is 0 Å². The van der Waals surface area contributed by atoms with Gasteiger partial charge >= 0.3 is 0 Å². The zero-order chi connectivity index (χ0) is 9.97. The summed E-state index contributed by atoms with van der Waals surface area (Å²) in [7, 11) is 0. The van der Waals surface area contributed by atoms with E-state index in [0.29, 0.717) is 6.04 Å². The van der Waals surface area contributed by atoms with Crippen LogP contribution in [0.15, 0.2) is 24.3 Å². The molecule has 0 radical (unpaired) electrons. The number of halogens is 1. The van der Waals surface area contributed by atoms with Gasteiger partial charge in [-0.15, -0.1) is 0 Å². The molecular weight excluding hydrogens is 198 g/mol. The van der Waals surface area contributed by atoms with Crippen molar-refractivity contribution < 1.29 is 4.74 Å². The van der Waals surface area contributed by atoms with Gasteiger partial charge in [0.25, 0.3) is 0 Å². The van der Waals surface area contributed by atoms with Crippen molar-refractivity contribution in [2.45, 2.75) is 19.1 Å². The molecule has 1 aromatic carbocycles. The van der Waals surface area contributed by atoms with Gasteiger partial charge in [0, 0.05) is 17.6 Å². The predicted molar refractivity (Wildman–Crippen MR) is 57.6 cm³/mol. The van der Waals surface area contributed by atoms with Crippen LogP contribution in [0.5, 0.6) is 0 Å². The van der Waals surface area contributed by atoms with Crippen molar-refractivity contribution >= 4 is 11.6 Å². The summed E-state index contributed by atoms with van der Waals surface area (Å²) in [4.78, 5) is 0. The third-order valence-electron chi connectivity index (χ3n) is 2.50. The van der Waals surface area contributed by atoms with E-state index in [1.165, 1.54) is 0 Å². The standard InChI is InChI=1S/C11H14ClNO/c1-8-11(14-6-5-13-8)9-3-2-4-10(12)7-9/h2-4,7-8,11,13H,5-6H2,1H3. The second-order valence-electron chi connectivity index (χ2n) is 3.59. The zero-order valence-corrected chi connectivity index (χ0v) is 8.92. The van der Waals surface area contributed by atoms with E-state index >= 15 is 0 Å². The molecule has 1 fully saturated rings. The van der Waals surface area contributed by atoms with Crippen molar-refractivity contribution in [2.24, 2.45) is 0 Å². The molecule has 0 aromatic heterocycles. The monoisotopic (exact) mass is 211 g/mol. The van der Waals surface area contributed by atoms with Crippen LogP contribution in [-0.4, -0.2) is 19.2 Å². The van der Waals surface area contributed by atoms with Crippen LogP contribution < -0.4 is 5.32 Å². The van der Waals surface area contributed by atoms with Crippen LogP contribution in [0, 0.1) is 0 Å². The summed E-state index contributed by atoms with van der Waals surface area (Å²) < 4.78 is 5.71. The first-order chi connectivity index (χ1) is 6.77. The maximum Gasteiger partial charge on any atom is 0.0976 e. The Balaban J connectivity index is 2.20. The van der Waals surface area contributed by atoms with Gasteiger partial charge < -0.3 is 10.1 Å². The third-order valence-corrected chi connectivity index (χ3v) is 2.73. The van der Waals surface area contributed by atoms with E-state index in [0.717, 1.165) is 23.7 Å². The molecule has 0 saturated carbocycles. The highest BCUT2D eigenvalue weighted by atomic mass is 35.5. The smallest absolute Gasteiger partial charge is 0.0976 e. The lowest BCUT2D eigenvalue weighted by Crippen LogP contribution is -2.41. The molecule has 2 atom stereocenters. The first-order valence-electron chi connectivity index (χ1n) is 4.88. The van der Waals surface area contributed by atoms with Crippen molar-refractivity contribution in [2.75, 3.05) is 13.2 Å². The molecule has 1 heterocycles. The Morgan fingerprint density at radius 2 is 2.36 bits per heavy atom. The summed E-state index contributed by atoms with van der Waals surface area (Å²) in [6.07, 6.45) is 0.127. The third kappa shape index (κ3) is 2.08. The minimum atomic E-state index is 0.127. The lowest BCUT2D eigenvalue weighted by Gasteiger charge is -2.30. The molecule has 1 N–H and O–H groups in total. The molecule has 0 spiro atoms. The molecule has 2 nitrogen and oxygen atoms in total. The minimum absolute atomic E-state index is 0.127. The fraction of sp³-hybridized carbons (Fsp3) is 0.455. The minimum Gasteiger partial charge on any atom is -0.371 e. The van der Waals surface area contributed by atoms with Crippen LogP contribution in [0.1, 0.15) is 18.6 Å². The maximum atomic E-state index is 5.94. The molecule has 1 aliphatic heterocycles. The summed E-state index contributed by atoms with van der Waals surface area (Å²) in [6.45, 7) is 3.82. The molecule has 2 rings (SSSR count). The van der Waals surface area contributed by atoms with E-state index < -0.39 is 0 Å². The second-order valence-corrected chi connectivity index (χ2v) is 4.03. The molecule has 14 heavy (non-hydrogen) atoms. The van der Waals surface area contributed by atoms with Gasteiger partial charge in [-0.25, -0.2) is 0 Å². The average Bonchev–Trinajstić information content (AvgIpc) is 2.18. The van der Waals surface area contributed by atoms with Gasteiger partial charge in [-0.3, -0.25) is 0 Å². The fourth-order valence-corrected chi connectivity index (χ4v) is 1.99. The van der Waals surface area contributed by atoms with Crippen molar-refractivity contribution in [3.8, 4) is 0 Å². The van der Waals surface area contributed by atoms with Gasteiger partial charge in [0.1, 0.15) is 0 Å². The van der Waals surface area contributed by atoms with Crippen molar-refractivity contribution in [1.82, 2.24) is 5.32 Å². The van der Waals surface area contributed by atoms with Gasteiger partial charge in [-0.05, 0) is 24.6 Å². The van der Waals surface area contributed by atoms with Gasteiger partial charge in [0.05, 0.1) is 12.7 Å². The highest BCUT2D eigenvalue weighted by molar-refractivity contribution is 6.30. The quantitative estimate of drug-likeness (QED) is 0.770. The van der Waals surface area contributed by atoms with E-state index in [1.807, 2.05) is 18.2 Å². The van der Waals surface area contributed by atoms with Crippen molar-refractivity contribution in [3.05, 3.63) is 34.9 Å². The Morgan fingerprint density at radius 1 is 1.50 bits per heavy atom. The number of hydrogen-bond acceptors (Lipinski definition) is 2. The second kappa shape index (κ2) is 4.30. The van der Waals surface area contributed by atoms with Crippen LogP contribution in [-0.2, 0) is 4.74 Å². The van der Waals surface area contributed by atoms with Crippen molar-refractivity contribution in [3.63, 3.8) is 0 Å². The number of ether oxygens (including phenoxy) is 1. The van der Waals surface area contributed by atoms with Crippen LogP contribution >= 0.6 is 11.6 Å². The van der Waals surface area contributed by atoms with Crippen LogP contribution in [0.2, 0.25) is 5.02 Å². The Morgan fingerprint density at radius 3 is 3.07 bits per heavy atom. The molecular formula is C11H14ClNO. The Bertz CT molecular complexity index is 316. The predicted octanol–water partition coefficient (Wildman–Crippen LogP) is 2.39. The number of hydrogen-bond donors (Lipinski definition) is 1. The van der Waals surface area contributed by atoms with E-state index in [1.54, 1.807) is 0 Å². The van der Waals surface area contributed by atoms with Crippen LogP contribution in [0.4, 0.5) is 0 Å². The molecule has 1 aromatic rings. The maximum absolute atomic E-state index is 5.94. The van der Waals surface area contributed by atoms with E-state index in [-0.39, 0.29) is 6.10 Å². The molecule has 0 amide bonds. The van der Waals surface area contributed by atoms with E-state index in [9.17, 15) is 0 Å². The Kier molecular flexibility index (Phi) is 3.06. The lowest BCUT2D eigenvalue weighted by molar-refractivity contribution is -0.000217. The summed E-state index contributed by atoms with van der Waals surface area (Å²) in [6, 6.07) is 8.21. The molecule has 0 bridgehead atoms. The number of rotatable bonds is 1. The van der Waals surface area contributed by atoms with Gasteiger partial charge in [0.2, 0.25) is 0 Å². The highest BCUT2D eigenvalue weighted by Gasteiger charge is 2.22. The topological polar surface area (TPSA) is 21.3 Å². The molecule has 1 saturated heterocycles. The summed E-state index contributed by atoms with van der Waals surface area (Å²) in [5, 5.41) is 4.15. The Labute approximate surface area is 89.2 Å². The normalized spacial score (nSPS) is 27.6. The summed E-state index contributed by atoms with van der Waals surface area (Å²) >= 11 is 5.94. The molecule has 76 valence electrons. The number of morpholine rings is 1. The van der Waals surface area contributed by atoms with Gasteiger partial charge in [-0.1, -0.05) is 23.7 Å².